The first kappa shape index (κ1) is 9.81. The van der Waals surface area contributed by atoms with Gasteiger partial charge in [0.05, 0.1) is 5.52 Å². The second kappa shape index (κ2) is 3.62. The minimum Gasteiger partial charge on any atom is -0.398 e. The summed E-state index contributed by atoms with van der Waals surface area (Å²) in [5.41, 5.74) is 8.55. The predicted octanol–water partition coefficient (Wildman–Crippen LogP) is 2.55. The molecule has 0 aliphatic rings. The summed E-state index contributed by atoms with van der Waals surface area (Å²) in [6.07, 6.45) is 0. The molecular weight excluding hydrogens is 184 g/mol. The van der Waals surface area contributed by atoms with Gasteiger partial charge in [-0.25, -0.2) is 0 Å². The number of hydrogen-bond donors (Lipinski definition) is 1. The molecule has 0 aliphatic heterocycles. The molecule has 2 rings (SSSR count). The van der Waals surface area contributed by atoms with E-state index in [1.807, 2.05) is 37.3 Å². The van der Waals surface area contributed by atoms with Gasteiger partial charge in [-0.15, -0.1) is 12.4 Å². The van der Waals surface area contributed by atoms with Crippen LogP contribution in [0.15, 0.2) is 30.3 Å². The van der Waals surface area contributed by atoms with Crippen LogP contribution in [0.5, 0.6) is 0 Å². The van der Waals surface area contributed by atoms with Crippen LogP contribution in [0.4, 0.5) is 5.69 Å². The first-order valence-electron chi connectivity index (χ1n) is 3.89. The lowest BCUT2D eigenvalue weighted by molar-refractivity contribution is 1.26. The molecule has 1 aromatic carbocycles. The zero-order chi connectivity index (χ0) is 8.55. The number of halogens is 1. The lowest BCUT2D eigenvalue weighted by Gasteiger charge is -2.01. The highest BCUT2D eigenvalue weighted by Crippen LogP contribution is 2.19. The second-order valence-electron chi connectivity index (χ2n) is 2.87. The number of pyridine rings is 1. The smallest absolute Gasteiger partial charge is 0.0725 e. The Bertz CT molecular complexity index is 426. The molecule has 13 heavy (non-hydrogen) atoms. The van der Waals surface area contributed by atoms with Gasteiger partial charge in [0.25, 0.3) is 0 Å². The van der Waals surface area contributed by atoms with Crippen LogP contribution in [0.2, 0.25) is 0 Å². The summed E-state index contributed by atoms with van der Waals surface area (Å²) in [5.74, 6) is 0. The van der Waals surface area contributed by atoms with Crippen molar-refractivity contribution in [3.8, 4) is 0 Å². The van der Waals surface area contributed by atoms with E-state index in [4.69, 9.17) is 5.73 Å². The fourth-order valence-electron chi connectivity index (χ4n) is 1.34. The fourth-order valence-corrected chi connectivity index (χ4v) is 1.34. The fraction of sp³-hybridized carbons (Fsp3) is 0.100. The third-order valence-electron chi connectivity index (χ3n) is 1.88. The SMILES string of the molecule is Cc1cc(N)c2ccccc2n1.Cl. The minimum atomic E-state index is 0. The Morgan fingerprint density at radius 2 is 1.92 bits per heavy atom. The van der Waals surface area contributed by atoms with Crippen LogP contribution in [0.25, 0.3) is 10.9 Å². The molecule has 0 unspecified atom stereocenters. The van der Waals surface area contributed by atoms with E-state index in [1.165, 1.54) is 0 Å². The number of anilines is 1. The summed E-state index contributed by atoms with van der Waals surface area (Å²) in [4.78, 5) is 4.36. The Kier molecular flexibility index (Phi) is 2.73. The average Bonchev–Trinajstić information content (AvgIpc) is 2.04. The number of benzene rings is 1. The summed E-state index contributed by atoms with van der Waals surface area (Å²) in [6, 6.07) is 9.78. The molecule has 0 atom stereocenters. The lowest BCUT2D eigenvalue weighted by Crippen LogP contribution is -1.91. The normalized spacial score (nSPS) is 9.62. The number of rotatable bonds is 0. The Labute approximate surface area is 83.2 Å². The van der Waals surface area contributed by atoms with Gasteiger partial charge in [0.2, 0.25) is 0 Å². The molecule has 0 saturated carbocycles. The Balaban J connectivity index is 0.000000845. The third kappa shape index (κ3) is 1.73. The van der Waals surface area contributed by atoms with Crippen molar-refractivity contribution in [2.45, 2.75) is 6.92 Å². The number of nitrogens with zero attached hydrogens (tertiary/aromatic N) is 1. The third-order valence-corrected chi connectivity index (χ3v) is 1.88. The van der Waals surface area contributed by atoms with Gasteiger partial charge < -0.3 is 5.73 Å². The summed E-state index contributed by atoms with van der Waals surface area (Å²) in [5, 5.41) is 1.03. The van der Waals surface area contributed by atoms with E-state index < -0.39 is 0 Å². The molecule has 0 bridgehead atoms. The van der Waals surface area contributed by atoms with Gasteiger partial charge in [-0.1, -0.05) is 18.2 Å². The number of aromatic nitrogens is 1. The molecule has 0 radical (unpaired) electrons. The number of aryl methyl sites for hydroxylation is 1. The van der Waals surface area contributed by atoms with Crippen molar-refractivity contribution >= 4 is 29.0 Å². The largest absolute Gasteiger partial charge is 0.398 e. The molecule has 1 aromatic heterocycles. The number of fused-ring (bicyclic) bond motifs is 1. The van der Waals surface area contributed by atoms with Gasteiger partial charge in [-0.2, -0.15) is 0 Å². The second-order valence-corrected chi connectivity index (χ2v) is 2.87. The van der Waals surface area contributed by atoms with Crippen LogP contribution < -0.4 is 5.73 Å². The highest BCUT2D eigenvalue weighted by molar-refractivity contribution is 5.90. The maximum atomic E-state index is 5.82. The van der Waals surface area contributed by atoms with Crippen molar-refractivity contribution in [3.05, 3.63) is 36.0 Å². The highest BCUT2D eigenvalue weighted by Gasteiger charge is 1.97. The number of nitrogens with two attached hydrogens (primary N) is 1. The minimum absolute atomic E-state index is 0. The molecule has 0 spiro atoms. The van der Waals surface area contributed by atoms with Crippen LogP contribution in [0, 0.1) is 6.92 Å². The molecule has 2 aromatic rings. The highest BCUT2D eigenvalue weighted by atomic mass is 35.5. The van der Waals surface area contributed by atoms with Crippen molar-refractivity contribution in [1.29, 1.82) is 0 Å². The quantitative estimate of drug-likeness (QED) is 0.700. The molecule has 2 N–H and O–H groups in total. The lowest BCUT2D eigenvalue weighted by atomic mass is 10.2. The maximum Gasteiger partial charge on any atom is 0.0725 e. The number of nitrogen functional groups attached to an aromatic ring is 1. The molecular formula is C10H11ClN2. The van der Waals surface area contributed by atoms with Crippen LogP contribution >= 0.6 is 12.4 Å². The van der Waals surface area contributed by atoms with E-state index in [1.54, 1.807) is 0 Å². The van der Waals surface area contributed by atoms with Crippen molar-refractivity contribution in [2.75, 3.05) is 5.73 Å². The van der Waals surface area contributed by atoms with Crippen molar-refractivity contribution in [1.82, 2.24) is 4.98 Å². The van der Waals surface area contributed by atoms with Gasteiger partial charge in [0, 0.05) is 16.8 Å². The molecule has 1 heterocycles. The van der Waals surface area contributed by atoms with Gasteiger partial charge >= 0.3 is 0 Å². The van der Waals surface area contributed by atoms with E-state index in [0.717, 1.165) is 22.3 Å². The molecule has 2 nitrogen and oxygen atoms in total. The first-order chi connectivity index (χ1) is 5.77. The van der Waals surface area contributed by atoms with Gasteiger partial charge in [0.1, 0.15) is 0 Å². The summed E-state index contributed by atoms with van der Waals surface area (Å²) < 4.78 is 0. The van der Waals surface area contributed by atoms with E-state index in [9.17, 15) is 0 Å². The number of para-hydroxylation sites is 1. The van der Waals surface area contributed by atoms with Crippen molar-refractivity contribution < 1.29 is 0 Å². The standard InChI is InChI=1S/C10H10N2.ClH/c1-7-6-9(11)8-4-2-3-5-10(8)12-7;/h2-6H,1H3,(H2,11,12);1H. The van der Waals surface area contributed by atoms with Crippen LogP contribution in [0.3, 0.4) is 0 Å². The Morgan fingerprint density at radius 1 is 1.23 bits per heavy atom. The average molecular weight is 195 g/mol. The zero-order valence-electron chi connectivity index (χ0n) is 7.32. The Morgan fingerprint density at radius 3 is 2.69 bits per heavy atom. The molecule has 68 valence electrons. The van der Waals surface area contributed by atoms with Crippen LogP contribution in [0.1, 0.15) is 5.69 Å². The van der Waals surface area contributed by atoms with Gasteiger partial charge in [0.15, 0.2) is 0 Å². The summed E-state index contributed by atoms with van der Waals surface area (Å²) in [6.45, 7) is 1.95. The summed E-state index contributed by atoms with van der Waals surface area (Å²) >= 11 is 0. The zero-order valence-corrected chi connectivity index (χ0v) is 8.14. The van der Waals surface area contributed by atoms with E-state index in [-0.39, 0.29) is 12.4 Å². The molecule has 3 heteroatoms. The molecule has 0 saturated heterocycles. The summed E-state index contributed by atoms with van der Waals surface area (Å²) in [7, 11) is 0. The van der Waals surface area contributed by atoms with Crippen molar-refractivity contribution in [3.63, 3.8) is 0 Å². The van der Waals surface area contributed by atoms with E-state index >= 15 is 0 Å². The molecule has 0 fully saturated rings. The number of hydrogen-bond acceptors (Lipinski definition) is 2. The van der Waals surface area contributed by atoms with Gasteiger partial charge in [-0.3, -0.25) is 4.98 Å². The van der Waals surface area contributed by atoms with E-state index in [0.29, 0.717) is 0 Å². The first-order valence-corrected chi connectivity index (χ1v) is 3.89. The molecule has 0 amide bonds. The maximum absolute atomic E-state index is 5.82. The molecule has 0 aliphatic carbocycles. The Hall–Kier alpha value is -1.28. The van der Waals surface area contributed by atoms with E-state index in [2.05, 4.69) is 4.98 Å². The van der Waals surface area contributed by atoms with Crippen molar-refractivity contribution in [2.24, 2.45) is 0 Å². The van der Waals surface area contributed by atoms with Crippen LogP contribution in [-0.4, -0.2) is 4.98 Å². The topological polar surface area (TPSA) is 38.9 Å². The predicted molar refractivity (Wildman–Crippen MR) is 58.1 cm³/mol. The van der Waals surface area contributed by atoms with Gasteiger partial charge in [-0.05, 0) is 19.1 Å². The monoisotopic (exact) mass is 194 g/mol. The van der Waals surface area contributed by atoms with Crippen LogP contribution in [-0.2, 0) is 0 Å².